The molecule has 1 unspecified atom stereocenters. The molecule has 58 heavy (non-hydrogen) atoms. The van der Waals surface area contributed by atoms with E-state index in [0.29, 0.717) is 19.3 Å². The zero-order valence-corrected chi connectivity index (χ0v) is 37.3. The van der Waals surface area contributed by atoms with Crippen molar-refractivity contribution in [1.29, 1.82) is 0 Å². The molecule has 0 fully saturated rings. The van der Waals surface area contributed by atoms with Gasteiger partial charge in [-0.05, 0) is 57.8 Å². The summed E-state index contributed by atoms with van der Waals surface area (Å²) in [6, 6.07) is 0. The first-order valence-corrected chi connectivity index (χ1v) is 23.3. The van der Waals surface area contributed by atoms with E-state index in [1.165, 1.54) is 64.2 Å². The van der Waals surface area contributed by atoms with Crippen LogP contribution >= 0.6 is 0 Å². The minimum Gasteiger partial charge on any atom is -0.462 e. The molecular weight excluding hydrogens is 721 g/mol. The Labute approximate surface area is 356 Å². The fourth-order valence-corrected chi connectivity index (χ4v) is 5.99. The monoisotopic (exact) mass is 805 g/mol. The molecule has 0 bridgehead atoms. The SMILES string of the molecule is CC\C=C/C=C\C=C/C=C\C=C\C=C/C=C\CCCCCC(=O)OCC(COC(=O)CCCCCC/C=C\CCCC)OC(=O)CCCCCCCCCCCCC. The molecule has 0 aromatic rings. The number of allylic oxidation sites excluding steroid dienone is 16. The van der Waals surface area contributed by atoms with Gasteiger partial charge in [0.2, 0.25) is 0 Å². The van der Waals surface area contributed by atoms with Crippen LogP contribution in [0.2, 0.25) is 0 Å². The lowest BCUT2D eigenvalue weighted by molar-refractivity contribution is -0.167. The van der Waals surface area contributed by atoms with Crippen LogP contribution in [0.15, 0.2) is 97.2 Å². The summed E-state index contributed by atoms with van der Waals surface area (Å²) in [6.45, 7) is 6.36. The van der Waals surface area contributed by atoms with Crippen LogP contribution in [0.25, 0.3) is 0 Å². The molecule has 0 radical (unpaired) electrons. The second-order valence-corrected chi connectivity index (χ2v) is 15.1. The molecule has 0 aliphatic rings. The molecule has 1 atom stereocenters. The first kappa shape index (κ1) is 54.3. The largest absolute Gasteiger partial charge is 0.462 e. The number of carbonyl (C=O) groups is 3. The summed E-state index contributed by atoms with van der Waals surface area (Å²) in [7, 11) is 0. The van der Waals surface area contributed by atoms with Crippen LogP contribution in [0.4, 0.5) is 0 Å². The van der Waals surface area contributed by atoms with Gasteiger partial charge in [0.15, 0.2) is 6.10 Å². The number of hydrogen-bond donors (Lipinski definition) is 0. The molecular formula is C52H84O6. The number of hydrogen-bond acceptors (Lipinski definition) is 6. The lowest BCUT2D eigenvalue weighted by Crippen LogP contribution is -2.30. The van der Waals surface area contributed by atoms with E-state index in [4.69, 9.17) is 14.2 Å². The molecule has 0 aliphatic heterocycles. The maximum Gasteiger partial charge on any atom is 0.306 e. The number of esters is 3. The average molecular weight is 805 g/mol. The maximum absolute atomic E-state index is 12.7. The van der Waals surface area contributed by atoms with Gasteiger partial charge in [-0.1, -0.05) is 214 Å². The zero-order valence-electron chi connectivity index (χ0n) is 37.3. The fourth-order valence-electron chi connectivity index (χ4n) is 5.99. The molecule has 0 heterocycles. The first-order chi connectivity index (χ1) is 28.5. The molecule has 6 heteroatoms. The normalized spacial score (nSPS) is 12.9. The van der Waals surface area contributed by atoms with E-state index in [1.54, 1.807) is 0 Å². The Balaban J connectivity index is 4.48. The molecule has 0 aromatic carbocycles. The fraction of sp³-hybridized carbons (Fsp3) is 0.635. The number of carbonyl (C=O) groups excluding carboxylic acids is 3. The van der Waals surface area contributed by atoms with Crippen LogP contribution in [0, 0.1) is 0 Å². The van der Waals surface area contributed by atoms with Gasteiger partial charge in [-0.2, -0.15) is 0 Å². The van der Waals surface area contributed by atoms with E-state index >= 15 is 0 Å². The van der Waals surface area contributed by atoms with Gasteiger partial charge in [0, 0.05) is 19.3 Å². The molecule has 0 saturated heterocycles. The predicted octanol–water partition coefficient (Wildman–Crippen LogP) is 15.0. The Morgan fingerprint density at radius 1 is 0.362 bits per heavy atom. The summed E-state index contributed by atoms with van der Waals surface area (Å²) >= 11 is 0. The molecule has 0 aromatic heterocycles. The van der Waals surface area contributed by atoms with Gasteiger partial charge >= 0.3 is 17.9 Å². The standard InChI is InChI=1S/C52H84O6/c1-4-7-10-13-16-19-22-23-24-25-26-27-28-29-31-33-36-39-42-45-51(54)57-48-49(47-56-50(53)44-41-38-35-32-21-18-15-12-9-6-3)58-52(55)46-43-40-37-34-30-20-17-14-11-8-5-2/h7,10,13,15-16,18-19,22-29,31,49H,4-6,8-9,11-12,14,17,20-21,30,32-48H2,1-3H3/b10-7-,16-13-,18-15-,22-19-,24-23-,26-25+,28-27-,31-29-. The third-order valence-corrected chi connectivity index (χ3v) is 9.52. The second-order valence-electron chi connectivity index (χ2n) is 15.1. The van der Waals surface area contributed by atoms with Crippen LogP contribution in [-0.4, -0.2) is 37.2 Å². The summed E-state index contributed by atoms with van der Waals surface area (Å²) in [5.41, 5.74) is 0. The Kier molecular flexibility index (Phi) is 43.1. The van der Waals surface area contributed by atoms with Crippen molar-refractivity contribution in [2.24, 2.45) is 0 Å². The average Bonchev–Trinajstić information content (AvgIpc) is 3.22. The molecule has 0 N–H and O–H groups in total. The maximum atomic E-state index is 12.7. The Bertz CT molecular complexity index is 1200. The molecule has 328 valence electrons. The van der Waals surface area contributed by atoms with Gasteiger partial charge in [0.1, 0.15) is 13.2 Å². The van der Waals surface area contributed by atoms with Gasteiger partial charge in [-0.25, -0.2) is 0 Å². The quantitative estimate of drug-likeness (QED) is 0.0202. The van der Waals surface area contributed by atoms with Gasteiger partial charge in [-0.15, -0.1) is 0 Å². The smallest absolute Gasteiger partial charge is 0.306 e. The molecule has 0 spiro atoms. The van der Waals surface area contributed by atoms with Crippen molar-refractivity contribution in [3.63, 3.8) is 0 Å². The molecule has 6 nitrogen and oxygen atoms in total. The third kappa shape index (κ3) is 43.5. The van der Waals surface area contributed by atoms with Crippen LogP contribution < -0.4 is 0 Å². The number of rotatable bonds is 40. The topological polar surface area (TPSA) is 78.9 Å². The first-order valence-electron chi connectivity index (χ1n) is 23.3. The third-order valence-electron chi connectivity index (χ3n) is 9.52. The van der Waals surface area contributed by atoms with E-state index in [-0.39, 0.29) is 31.1 Å². The van der Waals surface area contributed by atoms with Crippen LogP contribution in [0.1, 0.15) is 194 Å². The van der Waals surface area contributed by atoms with Gasteiger partial charge in [-0.3, -0.25) is 14.4 Å². The zero-order chi connectivity index (χ0) is 42.3. The van der Waals surface area contributed by atoms with Crippen molar-refractivity contribution in [2.75, 3.05) is 13.2 Å². The van der Waals surface area contributed by atoms with Gasteiger partial charge in [0.05, 0.1) is 0 Å². The van der Waals surface area contributed by atoms with Crippen LogP contribution in [0.3, 0.4) is 0 Å². The summed E-state index contributed by atoms with van der Waals surface area (Å²) in [5.74, 6) is -0.966. The van der Waals surface area contributed by atoms with E-state index in [9.17, 15) is 14.4 Å². The van der Waals surface area contributed by atoms with E-state index in [1.807, 2.05) is 72.9 Å². The summed E-state index contributed by atoms with van der Waals surface area (Å²) < 4.78 is 16.7. The highest BCUT2D eigenvalue weighted by Gasteiger charge is 2.19. The highest BCUT2D eigenvalue weighted by molar-refractivity contribution is 5.71. The summed E-state index contributed by atoms with van der Waals surface area (Å²) in [5, 5.41) is 0. The predicted molar refractivity (Wildman–Crippen MR) is 247 cm³/mol. The Morgan fingerprint density at radius 3 is 1.17 bits per heavy atom. The van der Waals surface area contributed by atoms with Crippen molar-refractivity contribution in [1.82, 2.24) is 0 Å². The van der Waals surface area contributed by atoms with Crippen molar-refractivity contribution in [3.8, 4) is 0 Å². The van der Waals surface area contributed by atoms with E-state index < -0.39 is 6.10 Å². The summed E-state index contributed by atoms with van der Waals surface area (Å²) in [6.07, 6.45) is 59.6. The van der Waals surface area contributed by atoms with Crippen molar-refractivity contribution in [2.45, 2.75) is 200 Å². The van der Waals surface area contributed by atoms with E-state index in [2.05, 4.69) is 45.1 Å². The lowest BCUT2D eigenvalue weighted by atomic mass is 10.1. The highest BCUT2D eigenvalue weighted by Crippen LogP contribution is 2.14. The highest BCUT2D eigenvalue weighted by atomic mass is 16.6. The second kappa shape index (κ2) is 46.0. The number of ether oxygens (including phenoxy) is 3. The molecule has 0 aliphatic carbocycles. The van der Waals surface area contributed by atoms with Crippen molar-refractivity contribution in [3.05, 3.63) is 97.2 Å². The Morgan fingerprint density at radius 2 is 0.707 bits per heavy atom. The van der Waals surface area contributed by atoms with Crippen molar-refractivity contribution < 1.29 is 28.6 Å². The minimum absolute atomic E-state index is 0.0987. The summed E-state index contributed by atoms with van der Waals surface area (Å²) in [4.78, 5) is 37.7. The molecule has 0 saturated carbocycles. The minimum atomic E-state index is -0.797. The Hall–Kier alpha value is -3.67. The van der Waals surface area contributed by atoms with Gasteiger partial charge < -0.3 is 14.2 Å². The van der Waals surface area contributed by atoms with Crippen LogP contribution in [-0.2, 0) is 28.6 Å². The van der Waals surface area contributed by atoms with Crippen LogP contribution in [0.5, 0.6) is 0 Å². The molecule has 0 amide bonds. The lowest BCUT2D eigenvalue weighted by Gasteiger charge is -2.18. The van der Waals surface area contributed by atoms with Gasteiger partial charge in [0.25, 0.3) is 0 Å². The van der Waals surface area contributed by atoms with Crippen molar-refractivity contribution >= 4 is 17.9 Å². The van der Waals surface area contributed by atoms with E-state index in [0.717, 1.165) is 89.9 Å². The molecule has 0 rings (SSSR count). The number of unbranched alkanes of at least 4 members (excludes halogenated alkanes) is 19.